The van der Waals surface area contributed by atoms with Gasteiger partial charge in [-0.15, -0.1) is 0 Å². The molecule has 0 bridgehead atoms. The number of aliphatic hydroxyl groups excluding tert-OH is 1. The first-order valence-electron chi connectivity index (χ1n) is 8.68. The number of rotatable bonds is 6. The molecular weight excluding hydrogens is 398 g/mol. The number of aromatic nitrogens is 7. The largest absolute Gasteiger partial charge is 0.388 e. The smallest absolute Gasteiger partial charge is 0.270 e. The quantitative estimate of drug-likeness (QED) is 0.487. The van der Waals surface area contributed by atoms with E-state index in [9.17, 15) is 9.90 Å². The van der Waals surface area contributed by atoms with E-state index in [1.807, 2.05) is 0 Å². The van der Waals surface area contributed by atoms with Crippen LogP contribution in [-0.4, -0.2) is 40.2 Å². The lowest BCUT2D eigenvalue weighted by Gasteiger charge is -2.08. The van der Waals surface area contributed by atoms with Crippen molar-refractivity contribution in [3.8, 4) is 11.4 Å². The highest BCUT2D eigenvalue weighted by atomic mass is 35.5. The molecule has 1 atom stereocenters. The molecule has 0 aliphatic heterocycles. The van der Waals surface area contributed by atoms with Crippen LogP contribution in [0.15, 0.2) is 46.1 Å². The number of nitrogens with one attached hydrogen (secondary N) is 1. The average Bonchev–Trinajstić information content (AvgIpc) is 3.38. The Bertz CT molecular complexity index is 1170. The van der Waals surface area contributed by atoms with E-state index in [0.717, 1.165) is 0 Å². The SMILES string of the molecule is Cc1c(-c2ncn[nH]2)cnn(Cc2nc(C[C@H](O)c3ccc(Cl)cc3)no2)c1=O. The summed E-state index contributed by atoms with van der Waals surface area (Å²) in [5.74, 6) is 1.01. The van der Waals surface area contributed by atoms with Crippen molar-refractivity contribution in [3.63, 3.8) is 0 Å². The van der Waals surface area contributed by atoms with Gasteiger partial charge in [0.15, 0.2) is 11.6 Å². The summed E-state index contributed by atoms with van der Waals surface area (Å²) in [6.45, 7) is 1.69. The molecule has 10 nitrogen and oxygen atoms in total. The highest BCUT2D eigenvalue weighted by Gasteiger charge is 2.16. The molecule has 1 aromatic carbocycles. The van der Waals surface area contributed by atoms with E-state index in [4.69, 9.17) is 16.1 Å². The molecule has 4 rings (SSSR count). The summed E-state index contributed by atoms with van der Waals surface area (Å²) in [6, 6.07) is 6.86. The van der Waals surface area contributed by atoms with E-state index in [2.05, 4.69) is 30.4 Å². The standard InChI is InChI=1S/C18H16ClN7O3/c1-10-13(17-20-9-21-24-17)7-22-26(18(10)28)8-16-23-15(25-29-16)6-14(27)11-2-4-12(19)5-3-11/h2-5,7,9,14,27H,6,8H2,1H3,(H,20,21,24)/t14-/m0/s1. The Hall–Kier alpha value is -3.37. The van der Waals surface area contributed by atoms with Crippen LogP contribution in [0, 0.1) is 6.92 Å². The number of hydrogen-bond donors (Lipinski definition) is 2. The van der Waals surface area contributed by atoms with Crippen LogP contribution >= 0.6 is 11.6 Å². The summed E-state index contributed by atoms with van der Waals surface area (Å²) in [4.78, 5) is 20.9. The first-order chi connectivity index (χ1) is 14.0. The number of aliphatic hydroxyl groups is 1. The Morgan fingerprint density at radius 3 is 2.83 bits per heavy atom. The van der Waals surface area contributed by atoms with E-state index in [0.29, 0.717) is 33.4 Å². The van der Waals surface area contributed by atoms with Crippen molar-refractivity contribution in [1.82, 2.24) is 35.1 Å². The molecule has 0 radical (unpaired) electrons. The number of nitrogens with zero attached hydrogens (tertiary/aromatic N) is 6. The van der Waals surface area contributed by atoms with Crippen LogP contribution < -0.4 is 5.56 Å². The zero-order valence-electron chi connectivity index (χ0n) is 15.3. The van der Waals surface area contributed by atoms with Crippen LogP contribution in [0.4, 0.5) is 0 Å². The Labute approximate surface area is 169 Å². The fraction of sp³-hybridized carbons (Fsp3) is 0.222. The van der Waals surface area contributed by atoms with Gasteiger partial charge in [-0.2, -0.15) is 15.2 Å². The molecule has 2 N–H and O–H groups in total. The van der Waals surface area contributed by atoms with E-state index in [-0.39, 0.29) is 24.4 Å². The van der Waals surface area contributed by atoms with Crippen LogP contribution in [-0.2, 0) is 13.0 Å². The predicted molar refractivity (Wildman–Crippen MR) is 102 cm³/mol. The molecule has 3 heterocycles. The lowest BCUT2D eigenvalue weighted by molar-refractivity contribution is 0.174. The van der Waals surface area contributed by atoms with Gasteiger partial charge in [-0.1, -0.05) is 28.9 Å². The van der Waals surface area contributed by atoms with Crippen LogP contribution in [0.1, 0.15) is 28.9 Å². The van der Waals surface area contributed by atoms with Gasteiger partial charge in [0.05, 0.1) is 12.3 Å². The number of benzene rings is 1. The Morgan fingerprint density at radius 1 is 1.31 bits per heavy atom. The van der Waals surface area contributed by atoms with Gasteiger partial charge in [0.2, 0.25) is 5.89 Å². The lowest BCUT2D eigenvalue weighted by atomic mass is 10.1. The monoisotopic (exact) mass is 413 g/mol. The molecule has 4 aromatic rings. The second-order valence-electron chi connectivity index (χ2n) is 6.36. The van der Waals surface area contributed by atoms with Gasteiger partial charge >= 0.3 is 0 Å². The minimum absolute atomic E-state index is 0.0143. The number of halogens is 1. The third kappa shape index (κ3) is 4.08. The second kappa shape index (κ2) is 7.94. The third-order valence-corrected chi connectivity index (χ3v) is 4.63. The normalized spacial score (nSPS) is 12.2. The van der Waals surface area contributed by atoms with Crippen LogP contribution in [0.5, 0.6) is 0 Å². The summed E-state index contributed by atoms with van der Waals surface area (Å²) in [5, 5.41) is 25.4. The van der Waals surface area contributed by atoms with Crippen LogP contribution in [0.2, 0.25) is 5.02 Å². The number of hydrogen-bond acceptors (Lipinski definition) is 8. The molecule has 29 heavy (non-hydrogen) atoms. The van der Waals surface area contributed by atoms with E-state index in [1.165, 1.54) is 17.2 Å². The maximum atomic E-state index is 12.6. The van der Waals surface area contributed by atoms with Gasteiger partial charge in [-0.3, -0.25) is 9.89 Å². The Morgan fingerprint density at radius 2 is 2.10 bits per heavy atom. The van der Waals surface area contributed by atoms with Gasteiger partial charge in [0.1, 0.15) is 12.9 Å². The molecule has 3 aromatic heterocycles. The molecule has 11 heteroatoms. The Balaban J connectivity index is 1.48. The molecule has 0 saturated heterocycles. The molecule has 0 aliphatic carbocycles. The average molecular weight is 414 g/mol. The zero-order chi connectivity index (χ0) is 20.4. The van der Waals surface area contributed by atoms with E-state index < -0.39 is 6.10 Å². The summed E-state index contributed by atoms with van der Waals surface area (Å²) in [6.07, 6.45) is 2.25. The summed E-state index contributed by atoms with van der Waals surface area (Å²) < 4.78 is 6.42. The second-order valence-corrected chi connectivity index (χ2v) is 6.79. The molecule has 0 unspecified atom stereocenters. The lowest BCUT2D eigenvalue weighted by Crippen LogP contribution is -2.26. The number of H-pyrrole nitrogens is 1. The Kier molecular flexibility index (Phi) is 5.19. The molecule has 148 valence electrons. The fourth-order valence-electron chi connectivity index (χ4n) is 2.81. The molecule has 0 aliphatic rings. The van der Waals surface area contributed by atoms with Crippen molar-refractivity contribution in [2.45, 2.75) is 26.0 Å². The minimum Gasteiger partial charge on any atom is -0.388 e. The van der Waals surface area contributed by atoms with Crippen molar-refractivity contribution in [2.75, 3.05) is 0 Å². The molecule has 0 fully saturated rings. The van der Waals surface area contributed by atoms with Crippen LogP contribution in [0.3, 0.4) is 0 Å². The highest BCUT2D eigenvalue weighted by Crippen LogP contribution is 2.19. The van der Waals surface area contributed by atoms with E-state index in [1.54, 1.807) is 31.2 Å². The maximum absolute atomic E-state index is 12.6. The highest BCUT2D eigenvalue weighted by molar-refractivity contribution is 6.30. The molecule has 0 saturated carbocycles. The van der Waals surface area contributed by atoms with Crippen molar-refractivity contribution >= 4 is 11.6 Å². The molecule has 0 amide bonds. The van der Waals surface area contributed by atoms with Crippen molar-refractivity contribution < 1.29 is 9.63 Å². The minimum atomic E-state index is -0.804. The van der Waals surface area contributed by atoms with Gasteiger partial charge < -0.3 is 9.63 Å². The van der Waals surface area contributed by atoms with Crippen molar-refractivity contribution in [3.05, 3.63) is 75.0 Å². The molecule has 0 spiro atoms. The zero-order valence-corrected chi connectivity index (χ0v) is 16.0. The van der Waals surface area contributed by atoms with E-state index >= 15 is 0 Å². The van der Waals surface area contributed by atoms with Crippen LogP contribution in [0.25, 0.3) is 11.4 Å². The van der Waals surface area contributed by atoms with Gasteiger partial charge in [0, 0.05) is 22.6 Å². The predicted octanol–water partition coefficient (Wildman–Crippen LogP) is 1.70. The molecular formula is C18H16ClN7O3. The summed E-state index contributed by atoms with van der Waals surface area (Å²) in [7, 11) is 0. The van der Waals surface area contributed by atoms with Gasteiger partial charge in [-0.25, -0.2) is 9.67 Å². The number of aromatic amines is 1. The fourth-order valence-corrected chi connectivity index (χ4v) is 2.94. The summed E-state index contributed by atoms with van der Waals surface area (Å²) in [5.41, 5.74) is 1.42. The third-order valence-electron chi connectivity index (χ3n) is 4.38. The maximum Gasteiger partial charge on any atom is 0.270 e. The first kappa shape index (κ1) is 19.0. The van der Waals surface area contributed by atoms with Gasteiger partial charge in [-0.05, 0) is 24.6 Å². The first-order valence-corrected chi connectivity index (χ1v) is 9.06. The van der Waals surface area contributed by atoms with Crippen molar-refractivity contribution in [2.24, 2.45) is 0 Å². The van der Waals surface area contributed by atoms with Gasteiger partial charge in [0.25, 0.3) is 5.56 Å². The van der Waals surface area contributed by atoms with Crippen molar-refractivity contribution in [1.29, 1.82) is 0 Å². The summed E-state index contributed by atoms with van der Waals surface area (Å²) >= 11 is 5.86. The topological polar surface area (TPSA) is 136 Å².